The van der Waals surface area contributed by atoms with Gasteiger partial charge >= 0.3 is 11.9 Å². The highest BCUT2D eigenvalue weighted by molar-refractivity contribution is 9.08. The summed E-state index contributed by atoms with van der Waals surface area (Å²) in [5, 5.41) is 1.32. The van der Waals surface area contributed by atoms with Gasteiger partial charge in [0.25, 0.3) is 0 Å². The average molecular weight is 480 g/mol. The molecule has 0 unspecified atom stereocenters. The molecule has 6 heteroatoms. The molecule has 0 radical (unpaired) electrons. The lowest BCUT2D eigenvalue weighted by molar-refractivity contribution is -0.131. The minimum absolute atomic E-state index is 0.314. The zero-order valence-corrected chi connectivity index (χ0v) is 20.1. The number of carbonyl (C=O) groups is 2. The topological polar surface area (TPSA) is 57.5 Å². The molecule has 0 saturated heterocycles. The highest BCUT2D eigenvalue weighted by atomic mass is 79.9. The molecule has 30 heavy (non-hydrogen) atoms. The summed E-state index contributed by atoms with van der Waals surface area (Å²) in [5.41, 5.74) is 2.43. The predicted molar refractivity (Wildman–Crippen MR) is 124 cm³/mol. The van der Waals surface area contributed by atoms with E-state index in [4.69, 9.17) is 9.47 Å². The Bertz CT molecular complexity index is 843. The molecule has 0 bridgehead atoms. The highest BCUT2D eigenvalue weighted by Crippen LogP contribution is 2.32. The molecule has 2 rings (SSSR count). The van der Waals surface area contributed by atoms with Crippen LogP contribution in [-0.4, -0.2) is 23.1 Å². The molecule has 166 valence electrons. The second-order valence-electron chi connectivity index (χ2n) is 7.57. The average Bonchev–Trinajstić information content (AvgIpc) is 3.02. The van der Waals surface area contributed by atoms with Crippen molar-refractivity contribution in [3.05, 3.63) is 29.5 Å². The van der Waals surface area contributed by atoms with Crippen molar-refractivity contribution in [2.75, 3.05) is 6.61 Å². The van der Waals surface area contributed by atoms with Gasteiger partial charge in [0.15, 0.2) is 0 Å². The van der Waals surface area contributed by atoms with Crippen molar-refractivity contribution in [2.24, 2.45) is 0 Å². The second kappa shape index (κ2) is 12.8. The molecule has 0 N–H and O–H groups in total. The van der Waals surface area contributed by atoms with Crippen molar-refractivity contribution in [3.63, 3.8) is 0 Å². The number of carbonyl (C=O) groups excluding carboxylic acids is 2. The number of halogens is 1. The number of hydrogen-bond acceptors (Lipinski definition) is 4. The van der Waals surface area contributed by atoms with Crippen LogP contribution >= 0.6 is 15.9 Å². The molecule has 2 aromatic rings. The van der Waals surface area contributed by atoms with E-state index in [1.807, 2.05) is 6.07 Å². The van der Waals surface area contributed by atoms with Crippen LogP contribution in [0.15, 0.2) is 18.2 Å². The van der Waals surface area contributed by atoms with E-state index >= 15 is 0 Å². The summed E-state index contributed by atoms with van der Waals surface area (Å²) >= 11 is 3.56. The van der Waals surface area contributed by atoms with Crippen molar-refractivity contribution < 1.29 is 19.1 Å². The second-order valence-corrected chi connectivity index (χ2v) is 8.14. The molecule has 0 fully saturated rings. The molecule has 1 aromatic carbocycles. The van der Waals surface area contributed by atoms with Crippen molar-refractivity contribution in [2.45, 2.75) is 84.0 Å². The van der Waals surface area contributed by atoms with E-state index in [1.54, 1.807) is 19.1 Å². The fourth-order valence-electron chi connectivity index (χ4n) is 3.85. The SMILES string of the molecule is CCCCCCCCCCn1c(CBr)c(C(=O)OCC)c2cc(OC(C)=O)ccc21. The molecule has 1 heterocycles. The van der Waals surface area contributed by atoms with Gasteiger partial charge < -0.3 is 14.0 Å². The standard InChI is InChI=1S/C24H34BrNO4/c1-4-6-7-8-9-10-11-12-15-26-21-14-13-19(30-18(3)27)16-20(21)23(22(26)17-25)24(28)29-5-2/h13-14,16H,4-12,15,17H2,1-3H3. The fourth-order valence-corrected chi connectivity index (χ4v) is 4.43. The molecule has 0 amide bonds. The van der Waals surface area contributed by atoms with Crippen LogP contribution in [-0.2, 0) is 21.4 Å². The van der Waals surface area contributed by atoms with Gasteiger partial charge in [0.05, 0.1) is 12.2 Å². The molecule has 0 saturated carbocycles. The highest BCUT2D eigenvalue weighted by Gasteiger charge is 2.23. The summed E-state index contributed by atoms with van der Waals surface area (Å²) in [6, 6.07) is 5.47. The molecule has 0 aliphatic rings. The Morgan fingerprint density at radius 3 is 2.27 bits per heavy atom. The molecule has 0 spiro atoms. The number of aryl methyl sites for hydroxylation is 1. The van der Waals surface area contributed by atoms with Crippen LogP contribution in [0.3, 0.4) is 0 Å². The third-order valence-corrected chi connectivity index (χ3v) is 5.78. The van der Waals surface area contributed by atoms with Crippen LogP contribution in [0.25, 0.3) is 10.9 Å². The normalized spacial score (nSPS) is 11.1. The van der Waals surface area contributed by atoms with Gasteiger partial charge in [-0.2, -0.15) is 0 Å². The van der Waals surface area contributed by atoms with Gasteiger partial charge in [-0.3, -0.25) is 4.79 Å². The maximum Gasteiger partial charge on any atom is 0.340 e. The van der Waals surface area contributed by atoms with E-state index in [1.165, 1.54) is 51.9 Å². The van der Waals surface area contributed by atoms with Gasteiger partial charge in [0, 0.05) is 35.4 Å². The number of nitrogens with zero attached hydrogens (tertiary/aromatic N) is 1. The van der Waals surface area contributed by atoms with Crippen molar-refractivity contribution in [1.29, 1.82) is 0 Å². The first-order valence-corrected chi connectivity index (χ1v) is 12.2. The summed E-state index contributed by atoms with van der Waals surface area (Å²) in [7, 11) is 0. The van der Waals surface area contributed by atoms with Crippen molar-refractivity contribution in [3.8, 4) is 5.75 Å². The maximum absolute atomic E-state index is 12.7. The van der Waals surface area contributed by atoms with Crippen LogP contribution in [0.5, 0.6) is 5.75 Å². The first-order valence-electron chi connectivity index (χ1n) is 11.1. The number of benzene rings is 1. The Morgan fingerprint density at radius 1 is 1.00 bits per heavy atom. The van der Waals surface area contributed by atoms with Crippen molar-refractivity contribution >= 4 is 38.8 Å². The Balaban J connectivity index is 2.22. The lowest BCUT2D eigenvalue weighted by atomic mass is 10.1. The molecular weight excluding hydrogens is 446 g/mol. The summed E-state index contributed by atoms with van der Waals surface area (Å²) in [6.07, 6.45) is 10.0. The summed E-state index contributed by atoms with van der Waals surface area (Å²) in [6.45, 7) is 6.57. The van der Waals surface area contributed by atoms with Crippen LogP contribution in [0, 0.1) is 0 Å². The number of esters is 2. The molecule has 1 aromatic heterocycles. The smallest absolute Gasteiger partial charge is 0.340 e. The lowest BCUT2D eigenvalue weighted by Crippen LogP contribution is -2.09. The zero-order chi connectivity index (χ0) is 21.9. The van der Waals surface area contributed by atoms with Gasteiger partial charge in [-0.1, -0.05) is 67.8 Å². The predicted octanol–water partition coefficient (Wildman–Crippen LogP) is 6.78. The van der Waals surface area contributed by atoms with Crippen LogP contribution in [0.4, 0.5) is 0 Å². The zero-order valence-electron chi connectivity index (χ0n) is 18.5. The largest absolute Gasteiger partial charge is 0.462 e. The van der Waals surface area contributed by atoms with Gasteiger partial charge in [-0.15, -0.1) is 0 Å². The summed E-state index contributed by atoms with van der Waals surface area (Å²) in [5.74, 6) is -0.288. The Kier molecular flexibility index (Phi) is 10.4. The molecule has 0 atom stereocenters. The van der Waals surface area contributed by atoms with Crippen LogP contribution in [0.2, 0.25) is 0 Å². The maximum atomic E-state index is 12.7. The minimum Gasteiger partial charge on any atom is -0.462 e. The number of rotatable bonds is 13. The van der Waals surface area contributed by atoms with Gasteiger partial charge in [0.1, 0.15) is 5.75 Å². The van der Waals surface area contributed by atoms with Gasteiger partial charge in [-0.25, -0.2) is 4.79 Å². The summed E-state index contributed by atoms with van der Waals surface area (Å²) in [4.78, 5) is 24.1. The van der Waals surface area contributed by atoms with Crippen LogP contribution in [0.1, 0.15) is 88.2 Å². The monoisotopic (exact) mass is 479 g/mol. The van der Waals surface area contributed by atoms with Gasteiger partial charge in [0.2, 0.25) is 0 Å². The van der Waals surface area contributed by atoms with Gasteiger partial charge in [-0.05, 0) is 31.5 Å². The van der Waals surface area contributed by atoms with Crippen LogP contribution < -0.4 is 4.74 Å². The number of alkyl halides is 1. The number of aromatic nitrogens is 1. The number of unbranched alkanes of at least 4 members (excludes halogenated alkanes) is 7. The van der Waals surface area contributed by atoms with E-state index in [9.17, 15) is 9.59 Å². The molecule has 0 aliphatic carbocycles. The van der Waals surface area contributed by atoms with E-state index in [0.29, 0.717) is 23.2 Å². The first kappa shape index (κ1) is 24.4. The third-order valence-electron chi connectivity index (χ3n) is 5.25. The van der Waals surface area contributed by atoms with E-state index < -0.39 is 0 Å². The quantitative estimate of drug-likeness (QED) is 0.137. The van der Waals surface area contributed by atoms with Crippen molar-refractivity contribution in [1.82, 2.24) is 4.57 Å². The van der Waals surface area contributed by atoms with E-state index in [-0.39, 0.29) is 11.9 Å². The third kappa shape index (κ3) is 6.59. The minimum atomic E-state index is -0.383. The summed E-state index contributed by atoms with van der Waals surface area (Å²) < 4.78 is 12.8. The van der Waals surface area contributed by atoms with E-state index in [0.717, 1.165) is 29.6 Å². The Hall–Kier alpha value is -1.82. The number of ether oxygens (including phenoxy) is 2. The molecule has 5 nitrogen and oxygen atoms in total. The number of fused-ring (bicyclic) bond motifs is 1. The Labute approximate surface area is 188 Å². The molecular formula is C24H34BrNO4. The fraction of sp³-hybridized carbons (Fsp3) is 0.583. The molecule has 0 aliphatic heterocycles. The van der Waals surface area contributed by atoms with E-state index in [2.05, 4.69) is 27.4 Å². The Morgan fingerprint density at radius 2 is 1.67 bits per heavy atom. The number of hydrogen-bond donors (Lipinski definition) is 0. The lowest BCUT2D eigenvalue weighted by Gasteiger charge is -2.10. The first-order chi connectivity index (χ1) is 14.5.